The first-order valence-corrected chi connectivity index (χ1v) is 8.43. The number of nitrogens with one attached hydrogen (secondary N) is 2. The van der Waals surface area contributed by atoms with Crippen LogP contribution in [0.3, 0.4) is 0 Å². The molecule has 0 aromatic heterocycles. The third-order valence-corrected chi connectivity index (χ3v) is 5.21. The van der Waals surface area contributed by atoms with Crippen molar-refractivity contribution in [2.75, 3.05) is 26.8 Å². The van der Waals surface area contributed by atoms with Gasteiger partial charge in [0.25, 0.3) is 0 Å². The highest BCUT2D eigenvalue weighted by atomic mass is 35.5. The van der Waals surface area contributed by atoms with Crippen molar-refractivity contribution in [3.63, 3.8) is 0 Å². The lowest BCUT2D eigenvalue weighted by atomic mass is 9.99. The number of hydrogen-bond acceptors (Lipinski definition) is 4. The van der Waals surface area contributed by atoms with Gasteiger partial charge in [0.15, 0.2) is 0 Å². The maximum Gasteiger partial charge on any atom is 0.243 e. The van der Waals surface area contributed by atoms with Crippen LogP contribution >= 0.6 is 24.0 Å². The van der Waals surface area contributed by atoms with Gasteiger partial charge in [-0.25, -0.2) is 17.5 Å². The summed E-state index contributed by atoms with van der Waals surface area (Å²) in [4.78, 5) is -0.405. The summed E-state index contributed by atoms with van der Waals surface area (Å²) >= 11 is 5.63. The molecule has 0 amide bonds. The number of methoxy groups -OCH3 is 1. The molecule has 0 radical (unpaired) electrons. The molecule has 2 N–H and O–H groups in total. The van der Waals surface area contributed by atoms with Crippen molar-refractivity contribution in [1.82, 2.24) is 10.0 Å². The molecule has 1 unspecified atom stereocenters. The van der Waals surface area contributed by atoms with Crippen LogP contribution in [-0.2, 0) is 14.8 Å². The van der Waals surface area contributed by atoms with E-state index in [1.54, 1.807) is 7.11 Å². The number of benzene rings is 1. The van der Waals surface area contributed by atoms with E-state index in [2.05, 4.69) is 10.0 Å². The number of sulfonamides is 1. The van der Waals surface area contributed by atoms with Crippen molar-refractivity contribution >= 4 is 34.0 Å². The minimum absolute atomic E-state index is 0. The van der Waals surface area contributed by atoms with E-state index >= 15 is 0 Å². The number of halogens is 3. The van der Waals surface area contributed by atoms with Gasteiger partial charge in [-0.15, -0.1) is 12.4 Å². The lowest BCUT2D eigenvalue weighted by Gasteiger charge is -2.28. The van der Waals surface area contributed by atoms with Gasteiger partial charge in [0.05, 0.1) is 12.1 Å². The zero-order valence-electron chi connectivity index (χ0n) is 12.1. The Bertz CT molecular complexity index is 607. The fourth-order valence-corrected chi connectivity index (χ4v) is 3.82. The summed E-state index contributed by atoms with van der Waals surface area (Å²) in [6, 6.07) is 3.48. The van der Waals surface area contributed by atoms with E-state index in [0.29, 0.717) is 6.61 Å². The molecule has 1 aromatic rings. The summed E-state index contributed by atoms with van der Waals surface area (Å²) in [5.74, 6) is -0.866. The van der Waals surface area contributed by atoms with Gasteiger partial charge in [0.2, 0.25) is 10.0 Å². The first kappa shape index (κ1) is 19.6. The average Bonchev–Trinajstić information content (AvgIpc) is 2.86. The van der Waals surface area contributed by atoms with Gasteiger partial charge in [0.1, 0.15) is 10.7 Å². The second kappa shape index (κ2) is 7.90. The normalized spacial score (nSPS) is 21.6. The smallest absolute Gasteiger partial charge is 0.243 e. The molecule has 0 aliphatic carbocycles. The Morgan fingerprint density at radius 1 is 1.50 bits per heavy atom. The molecular weight excluding hydrogens is 354 g/mol. The first-order valence-electron chi connectivity index (χ1n) is 6.57. The third-order valence-electron chi connectivity index (χ3n) is 3.54. The van der Waals surface area contributed by atoms with Crippen molar-refractivity contribution in [3.8, 4) is 0 Å². The SMILES string of the molecule is COCC1(CNS(=O)(=O)c2ccc(Cl)cc2F)CCCN1.Cl. The Hall–Kier alpha value is -0.440. The molecule has 1 aromatic carbocycles. The number of ether oxygens (including phenoxy) is 1. The molecule has 9 heteroatoms. The Morgan fingerprint density at radius 3 is 2.77 bits per heavy atom. The lowest BCUT2D eigenvalue weighted by molar-refractivity contribution is 0.122. The molecular formula is C13H19Cl2FN2O3S. The van der Waals surface area contributed by atoms with Crippen molar-refractivity contribution in [2.45, 2.75) is 23.3 Å². The predicted octanol–water partition coefficient (Wildman–Crippen LogP) is 1.95. The van der Waals surface area contributed by atoms with Gasteiger partial charge in [-0.2, -0.15) is 0 Å². The predicted molar refractivity (Wildman–Crippen MR) is 85.7 cm³/mol. The van der Waals surface area contributed by atoms with E-state index in [9.17, 15) is 12.8 Å². The second-order valence-electron chi connectivity index (χ2n) is 5.14. The second-order valence-corrected chi connectivity index (χ2v) is 7.31. The van der Waals surface area contributed by atoms with Crippen LogP contribution in [0.2, 0.25) is 5.02 Å². The zero-order valence-corrected chi connectivity index (χ0v) is 14.5. The highest BCUT2D eigenvalue weighted by Crippen LogP contribution is 2.22. The summed E-state index contributed by atoms with van der Waals surface area (Å²) in [5.41, 5.74) is -0.440. The fourth-order valence-electron chi connectivity index (χ4n) is 2.47. The minimum atomic E-state index is -3.93. The van der Waals surface area contributed by atoms with Crippen molar-refractivity contribution < 1.29 is 17.5 Å². The molecule has 0 bridgehead atoms. The quantitative estimate of drug-likeness (QED) is 0.800. The van der Waals surface area contributed by atoms with Gasteiger partial charge >= 0.3 is 0 Å². The Kier molecular flexibility index (Phi) is 7.04. The highest BCUT2D eigenvalue weighted by molar-refractivity contribution is 7.89. The highest BCUT2D eigenvalue weighted by Gasteiger charge is 2.35. The molecule has 22 heavy (non-hydrogen) atoms. The van der Waals surface area contributed by atoms with Crippen molar-refractivity contribution in [3.05, 3.63) is 29.0 Å². The lowest BCUT2D eigenvalue weighted by Crippen LogP contribution is -2.52. The molecule has 0 saturated carbocycles. The topological polar surface area (TPSA) is 67.4 Å². The number of rotatable bonds is 6. The van der Waals surface area contributed by atoms with E-state index in [1.807, 2.05) is 0 Å². The van der Waals surface area contributed by atoms with E-state index in [1.165, 1.54) is 6.07 Å². The van der Waals surface area contributed by atoms with Gasteiger partial charge in [0, 0.05) is 18.7 Å². The molecule has 2 rings (SSSR count). The van der Waals surface area contributed by atoms with Crippen LogP contribution in [0.15, 0.2) is 23.1 Å². The molecule has 1 aliphatic heterocycles. The van der Waals surface area contributed by atoms with Gasteiger partial charge in [-0.05, 0) is 37.6 Å². The molecule has 5 nitrogen and oxygen atoms in total. The van der Waals surface area contributed by atoms with Gasteiger partial charge in [-0.3, -0.25) is 0 Å². The van der Waals surface area contributed by atoms with Crippen LogP contribution in [0, 0.1) is 5.82 Å². The minimum Gasteiger partial charge on any atom is -0.383 e. The Morgan fingerprint density at radius 2 is 2.23 bits per heavy atom. The fraction of sp³-hybridized carbons (Fsp3) is 0.538. The molecule has 1 heterocycles. The maximum atomic E-state index is 13.7. The molecule has 1 atom stereocenters. The molecule has 1 fully saturated rings. The molecule has 1 saturated heterocycles. The van der Waals surface area contributed by atoms with Gasteiger partial charge < -0.3 is 10.1 Å². The Labute approximate surface area is 141 Å². The van der Waals surface area contributed by atoms with Crippen LogP contribution < -0.4 is 10.0 Å². The van der Waals surface area contributed by atoms with Crippen molar-refractivity contribution in [2.24, 2.45) is 0 Å². The molecule has 0 spiro atoms. The maximum absolute atomic E-state index is 13.7. The van der Waals surface area contributed by atoms with E-state index < -0.39 is 26.3 Å². The summed E-state index contributed by atoms with van der Waals surface area (Å²) in [6.07, 6.45) is 1.74. The van der Waals surface area contributed by atoms with E-state index in [4.69, 9.17) is 16.3 Å². The standard InChI is InChI=1S/C13H18ClFN2O3S.ClH/c1-20-9-13(5-2-6-16-13)8-17-21(18,19)12-4-3-10(14)7-11(12)15;/h3-4,7,16-17H,2,5-6,8-9H2,1H3;1H. The van der Waals surface area contributed by atoms with Crippen LogP contribution in [0.5, 0.6) is 0 Å². The van der Waals surface area contributed by atoms with E-state index in [0.717, 1.165) is 31.5 Å². The van der Waals surface area contributed by atoms with Gasteiger partial charge in [-0.1, -0.05) is 11.6 Å². The van der Waals surface area contributed by atoms with Crippen LogP contribution in [0.1, 0.15) is 12.8 Å². The summed E-state index contributed by atoms with van der Waals surface area (Å²) in [6.45, 7) is 1.34. The van der Waals surface area contributed by atoms with E-state index in [-0.39, 0.29) is 24.0 Å². The first-order chi connectivity index (χ1) is 9.88. The molecule has 1 aliphatic rings. The largest absolute Gasteiger partial charge is 0.383 e. The zero-order chi connectivity index (χ0) is 15.5. The van der Waals surface area contributed by atoms with Crippen LogP contribution in [0.4, 0.5) is 4.39 Å². The number of hydrogen-bond donors (Lipinski definition) is 2. The molecule has 126 valence electrons. The van der Waals surface area contributed by atoms with Crippen LogP contribution in [-0.4, -0.2) is 40.8 Å². The van der Waals surface area contributed by atoms with Crippen LogP contribution in [0.25, 0.3) is 0 Å². The average molecular weight is 373 g/mol. The summed E-state index contributed by atoms with van der Waals surface area (Å²) < 4.78 is 45.8. The Balaban J connectivity index is 0.00000242. The third kappa shape index (κ3) is 4.53. The van der Waals surface area contributed by atoms with Crippen molar-refractivity contribution in [1.29, 1.82) is 0 Å². The summed E-state index contributed by atoms with van der Waals surface area (Å²) in [5, 5.41) is 3.40. The monoisotopic (exact) mass is 372 g/mol. The summed E-state index contributed by atoms with van der Waals surface area (Å²) in [7, 11) is -2.37.